The van der Waals surface area contributed by atoms with Crippen LogP contribution >= 0.6 is 23.4 Å². The Labute approximate surface area is 181 Å². The molecular weight excluding hydrogens is 428 g/mol. The lowest BCUT2D eigenvalue weighted by Crippen LogP contribution is -2.36. The van der Waals surface area contributed by atoms with Crippen molar-refractivity contribution in [1.29, 1.82) is 0 Å². The number of hydrogen-bond donors (Lipinski definition) is 0. The molecule has 29 heavy (non-hydrogen) atoms. The lowest BCUT2D eigenvalue weighted by Gasteiger charge is -2.27. The van der Waals surface area contributed by atoms with Gasteiger partial charge in [0.15, 0.2) is 0 Å². The van der Waals surface area contributed by atoms with E-state index in [0.717, 1.165) is 42.0 Å². The molecule has 1 fully saturated rings. The highest BCUT2D eigenvalue weighted by molar-refractivity contribution is 7.99. The van der Waals surface area contributed by atoms with Gasteiger partial charge in [0.25, 0.3) is 5.91 Å². The lowest BCUT2D eigenvalue weighted by atomic mass is 10.1. The molecule has 0 unspecified atom stereocenters. The third kappa shape index (κ3) is 4.19. The molecule has 0 saturated carbocycles. The van der Waals surface area contributed by atoms with Crippen molar-refractivity contribution in [2.24, 2.45) is 0 Å². The molecule has 2 heterocycles. The van der Waals surface area contributed by atoms with Gasteiger partial charge < -0.3 is 4.90 Å². The van der Waals surface area contributed by atoms with Crippen molar-refractivity contribution in [3.63, 3.8) is 0 Å². The molecule has 4 rings (SSSR count). The van der Waals surface area contributed by atoms with Crippen LogP contribution < -0.4 is 4.90 Å². The second-order valence-electron chi connectivity index (χ2n) is 7.24. The van der Waals surface area contributed by atoms with Gasteiger partial charge in [0.1, 0.15) is 4.90 Å². The van der Waals surface area contributed by atoms with Crippen molar-refractivity contribution >= 4 is 45.0 Å². The number of thioether (sulfide) groups is 1. The van der Waals surface area contributed by atoms with Crippen LogP contribution in [0.4, 0.5) is 5.69 Å². The van der Waals surface area contributed by atoms with Crippen molar-refractivity contribution in [2.75, 3.05) is 30.3 Å². The maximum absolute atomic E-state index is 13.3. The minimum absolute atomic E-state index is 0.0180. The largest absolute Gasteiger partial charge is 0.307 e. The first-order chi connectivity index (χ1) is 14.0. The lowest BCUT2D eigenvalue weighted by molar-refractivity contribution is 0.0986. The molecule has 5 nitrogen and oxygen atoms in total. The molecule has 1 saturated heterocycles. The number of carbonyl (C=O) groups is 1. The molecule has 0 atom stereocenters. The summed E-state index contributed by atoms with van der Waals surface area (Å²) in [6, 6.07) is 12.4. The van der Waals surface area contributed by atoms with Gasteiger partial charge in [-0.1, -0.05) is 30.2 Å². The molecule has 2 aromatic rings. The van der Waals surface area contributed by atoms with E-state index in [9.17, 15) is 13.2 Å². The molecule has 2 aromatic carbocycles. The van der Waals surface area contributed by atoms with E-state index in [2.05, 4.69) is 0 Å². The highest BCUT2D eigenvalue weighted by Crippen LogP contribution is 2.35. The molecule has 154 valence electrons. The fraction of sp³-hybridized carbons (Fsp3) is 0.381. The van der Waals surface area contributed by atoms with Gasteiger partial charge in [-0.15, -0.1) is 11.8 Å². The molecule has 0 spiro atoms. The normalized spacial score (nSPS) is 18.2. The number of amides is 1. The zero-order valence-corrected chi connectivity index (χ0v) is 18.4. The number of anilines is 1. The molecule has 2 aliphatic rings. The minimum atomic E-state index is -3.72. The van der Waals surface area contributed by atoms with Gasteiger partial charge in [-0.25, -0.2) is 8.42 Å². The minimum Gasteiger partial charge on any atom is -0.307 e. The summed E-state index contributed by atoms with van der Waals surface area (Å²) in [6.07, 6.45) is 3.59. The average molecular weight is 451 g/mol. The van der Waals surface area contributed by atoms with E-state index in [-0.39, 0.29) is 15.8 Å². The van der Waals surface area contributed by atoms with Crippen LogP contribution in [0.2, 0.25) is 5.02 Å². The van der Waals surface area contributed by atoms with E-state index in [1.807, 2.05) is 24.3 Å². The first-order valence-corrected chi connectivity index (χ1v) is 12.6. The predicted molar refractivity (Wildman–Crippen MR) is 118 cm³/mol. The third-order valence-electron chi connectivity index (χ3n) is 5.30. The second kappa shape index (κ2) is 8.68. The van der Waals surface area contributed by atoms with Crippen LogP contribution in [-0.4, -0.2) is 44.0 Å². The van der Waals surface area contributed by atoms with E-state index >= 15 is 0 Å². The van der Waals surface area contributed by atoms with Gasteiger partial charge in [0, 0.05) is 30.1 Å². The van der Waals surface area contributed by atoms with Gasteiger partial charge >= 0.3 is 0 Å². The molecular formula is C21H23ClN2O3S2. The van der Waals surface area contributed by atoms with Gasteiger partial charge in [0.05, 0.1) is 10.7 Å². The molecule has 0 aromatic heterocycles. The Morgan fingerprint density at radius 1 is 0.966 bits per heavy atom. The molecule has 0 radical (unpaired) electrons. The highest BCUT2D eigenvalue weighted by Gasteiger charge is 2.30. The number of carbonyl (C=O) groups excluding carboxylic acids is 1. The van der Waals surface area contributed by atoms with Gasteiger partial charge in [-0.3, -0.25) is 4.79 Å². The topological polar surface area (TPSA) is 57.7 Å². The summed E-state index contributed by atoms with van der Waals surface area (Å²) in [4.78, 5) is 16.2. The van der Waals surface area contributed by atoms with Crippen molar-refractivity contribution in [3.8, 4) is 0 Å². The maximum Gasteiger partial charge on any atom is 0.258 e. The monoisotopic (exact) mass is 450 g/mol. The van der Waals surface area contributed by atoms with Crippen molar-refractivity contribution in [1.82, 2.24) is 4.31 Å². The van der Waals surface area contributed by atoms with Gasteiger partial charge in [-0.05, 0) is 55.3 Å². The average Bonchev–Trinajstić information content (AvgIpc) is 2.96. The van der Waals surface area contributed by atoms with Crippen molar-refractivity contribution in [2.45, 2.75) is 35.5 Å². The highest BCUT2D eigenvalue weighted by atomic mass is 35.5. The Kier molecular flexibility index (Phi) is 6.20. The fourth-order valence-corrected chi connectivity index (χ4v) is 6.78. The van der Waals surface area contributed by atoms with Crippen LogP contribution in [-0.2, 0) is 10.0 Å². The smallest absolute Gasteiger partial charge is 0.258 e. The molecule has 8 heteroatoms. The molecule has 0 N–H and O–H groups in total. The van der Waals surface area contributed by atoms with Crippen LogP contribution in [0.25, 0.3) is 0 Å². The Hall–Kier alpha value is -1.54. The van der Waals surface area contributed by atoms with Gasteiger partial charge in [-0.2, -0.15) is 4.31 Å². The van der Waals surface area contributed by atoms with Crippen LogP contribution in [0.3, 0.4) is 0 Å². The van der Waals surface area contributed by atoms with E-state index in [0.29, 0.717) is 25.2 Å². The van der Waals surface area contributed by atoms with E-state index in [1.165, 1.54) is 16.4 Å². The standard InChI is InChI=1S/C21H23ClN2O3S2/c22-17-10-9-16(15-20(17)29(26,27)23-11-4-1-5-12-23)21(25)24-13-6-14-28-19-8-3-2-7-18(19)24/h2-3,7-10,15H,1,4-6,11-14H2. The second-order valence-corrected chi connectivity index (χ2v) is 10.7. The first-order valence-electron chi connectivity index (χ1n) is 9.82. The molecule has 2 aliphatic heterocycles. The van der Waals surface area contributed by atoms with E-state index < -0.39 is 10.0 Å². The van der Waals surface area contributed by atoms with Gasteiger partial charge in [0.2, 0.25) is 10.0 Å². The SMILES string of the molecule is O=C(c1ccc(Cl)c(S(=O)(=O)N2CCCCC2)c1)N1CCCSc2ccccc21. The number of fused-ring (bicyclic) bond motifs is 1. The number of halogens is 1. The van der Waals surface area contributed by atoms with Crippen LogP contribution in [0, 0.1) is 0 Å². The Morgan fingerprint density at radius 2 is 1.72 bits per heavy atom. The zero-order chi connectivity index (χ0) is 20.4. The summed E-state index contributed by atoms with van der Waals surface area (Å²) in [7, 11) is -3.72. The maximum atomic E-state index is 13.3. The summed E-state index contributed by atoms with van der Waals surface area (Å²) in [5.74, 6) is 0.738. The van der Waals surface area contributed by atoms with Crippen molar-refractivity contribution in [3.05, 3.63) is 53.1 Å². The summed E-state index contributed by atoms with van der Waals surface area (Å²) < 4.78 is 27.7. The number of benzene rings is 2. The Balaban J connectivity index is 1.70. The Bertz CT molecular complexity index is 1020. The summed E-state index contributed by atoms with van der Waals surface area (Å²) in [5.41, 5.74) is 1.21. The molecule has 0 bridgehead atoms. The van der Waals surface area contributed by atoms with Crippen LogP contribution in [0.15, 0.2) is 52.3 Å². The fourth-order valence-electron chi connectivity index (χ4n) is 3.77. The molecule has 0 aliphatic carbocycles. The summed E-state index contributed by atoms with van der Waals surface area (Å²) >= 11 is 8.00. The summed E-state index contributed by atoms with van der Waals surface area (Å²) in [6.45, 7) is 1.58. The van der Waals surface area contributed by atoms with Crippen LogP contribution in [0.5, 0.6) is 0 Å². The number of piperidine rings is 1. The quantitative estimate of drug-likeness (QED) is 0.682. The van der Waals surface area contributed by atoms with E-state index in [1.54, 1.807) is 22.7 Å². The van der Waals surface area contributed by atoms with Crippen LogP contribution in [0.1, 0.15) is 36.0 Å². The first kappa shape index (κ1) is 20.7. The number of sulfonamides is 1. The number of para-hydroxylation sites is 1. The number of hydrogen-bond acceptors (Lipinski definition) is 4. The number of rotatable bonds is 3. The van der Waals surface area contributed by atoms with Crippen molar-refractivity contribution < 1.29 is 13.2 Å². The Morgan fingerprint density at radius 3 is 2.52 bits per heavy atom. The zero-order valence-electron chi connectivity index (χ0n) is 16.0. The molecule has 1 amide bonds. The summed E-state index contributed by atoms with van der Waals surface area (Å²) in [5, 5.41) is 0.152. The number of nitrogens with zero attached hydrogens (tertiary/aromatic N) is 2. The predicted octanol–water partition coefficient (Wildman–Crippen LogP) is 4.66. The van der Waals surface area contributed by atoms with E-state index in [4.69, 9.17) is 11.6 Å². The third-order valence-corrected chi connectivity index (χ3v) is 8.83.